The second kappa shape index (κ2) is 6.58. The van der Waals surface area contributed by atoms with E-state index in [2.05, 4.69) is 38.0 Å². The number of nitrogens with zero attached hydrogens (tertiary/aromatic N) is 4. The standard InChI is InChI=1S/C13H22BrN5O/c1-3-10-12(14)11(18(2)16-10)8-19-6-4-9(5-7-19)13(15)17-20/h9,20H,3-8H2,1-2H3,(H2,15,17). The van der Waals surface area contributed by atoms with Gasteiger partial charge in [0.25, 0.3) is 0 Å². The summed E-state index contributed by atoms with van der Waals surface area (Å²) >= 11 is 3.65. The highest BCUT2D eigenvalue weighted by Crippen LogP contribution is 2.25. The molecular formula is C13H22BrN5O. The molecule has 1 aromatic heterocycles. The average molecular weight is 344 g/mol. The van der Waals surface area contributed by atoms with Crippen molar-refractivity contribution in [2.45, 2.75) is 32.7 Å². The molecule has 0 aliphatic carbocycles. The van der Waals surface area contributed by atoms with Crippen molar-refractivity contribution in [3.63, 3.8) is 0 Å². The third-order valence-electron chi connectivity index (χ3n) is 4.00. The van der Waals surface area contributed by atoms with Crippen LogP contribution in [0.3, 0.4) is 0 Å². The van der Waals surface area contributed by atoms with Crippen LogP contribution in [0.2, 0.25) is 0 Å². The maximum atomic E-state index is 8.72. The van der Waals surface area contributed by atoms with Crippen LogP contribution in [-0.4, -0.2) is 38.8 Å². The van der Waals surface area contributed by atoms with Crippen LogP contribution in [0.1, 0.15) is 31.2 Å². The lowest BCUT2D eigenvalue weighted by Crippen LogP contribution is -2.38. The molecule has 112 valence electrons. The smallest absolute Gasteiger partial charge is 0.142 e. The molecule has 2 heterocycles. The van der Waals surface area contributed by atoms with E-state index in [-0.39, 0.29) is 5.92 Å². The SMILES string of the molecule is CCc1nn(C)c(CN2CCC(C(N)=NO)CC2)c1Br. The van der Waals surface area contributed by atoms with E-state index in [0.717, 1.165) is 49.1 Å². The van der Waals surface area contributed by atoms with Crippen molar-refractivity contribution in [2.24, 2.45) is 23.9 Å². The normalized spacial score (nSPS) is 18.6. The number of hydrogen-bond donors (Lipinski definition) is 2. The van der Waals surface area contributed by atoms with Crippen LogP contribution >= 0.6 is 15.9 Å². The molecule has 0 radical (unpaired) electrons. The maximum absolute atomic E-state index is 8.72. The molecule has 1 fully saturated rings. The summed E-state index contributed by atoms with van der Waals surface area (Å²) < 4.78 is 3.08. The Hall–Kier alpha value is -1.08. The number of halogens is 1. The van der Waals surface area contributed by atoms with Gasteiger partial charge in [-0.2, -0.15) is 5.10 Å². The van der Waals surface area contributed by atoms with Gasteiger partial charge < -0.3 is 10.9 Å². The molecule has 0 saturated carbocycles. The minimum absolute atomic E-state index is 0.206. The van der Waals surface area contributed by atoms with Gasteiger partial charge in [-0.25, -0.2) is 0 Å². The van der Waals surface area contributed by atoms with Gasteiger partial charge in [0.2, 0.25) is 0 Å². The summed E-state index contributed by atoms with van der Waals surface area (Å²) in [5.74, 6) is 0.567. The molecule has 7 heteroatoms. The third kappa shape index (κ3) is 3.15. The lowest BCUT2D eigenvalue weighted by molar-refractivity contribution is 0.194. The van der Waals surface area contributed by atoms with Crippen LogP contribution in [-0.2, 0) is 20.0 Å². The first kappa shape index (κ1) is 15.3. The summed E-state index contributed by atoms with van der Waals surface area (Å²) in [7, 11) is 1.99. The van der Waals surface area contributed by atoms with E-state index < -0.39 is 0 Å². The highest BCUT2D eigenvalue weighted by Gasteiger charge is 2.24. The summed E-state index contributed by atoms with van der Waals surface area (Å²) in [5.41, 5.74) is 7.99. The quantitative estimate of drug-likeness (QED) is 0.377. The first-order valence-electron chi connectivity index (χ1n) is 6.96. The number of amidine groups is 1. The minimum Gasteiger partial charge on any atom is -0.409 e. The summed E-state index contributed by atoms with van der Waals surface area (Å²) in [6.45, 7) is 4.91. The largest absolute Gasteiger partial charge is 0.409 e. The molecule has 0 bridgehead atoms. The third-order valence-corrected chi connectivity index (χ3v) is 4.91. The fourth-order valence-corrected chi connectivity index (χ4v) is 3.41. The zero-order chi connectivity index (χ0) is 14.7. The van der Waals surface area contributed by atoms with Gasteiger partial charge in [0.15, 0.2) is 0 Å². The molecule has 0 aromatic carbocycles. The van der Waals surface area contributed by atoms with Gasteiger partial charge in [-0.15, -0.1) is 0 Å². The van der Waals surface area contributed by atoms with Gasteiger partial charge in [-0.3, -0.25) is 9.58 Å². The zero-order valence-electron chi connectivity index (χ0n) is 12.0. The van der Waals surface area contributed by atoms with Gasteiger partial charge in [0.1, 0.15) is 5.84 Å². The van der Waals surface area contributed by atoms with Crippen molar-refractivity contribution < 1.29 is 5.21 Å². The Morgan fingerprint density at radius 2 is 2.15 bits per heavy atom. The van der Waals surface area contributed by atoms with Crippen molar-refractivity contribution in [2.75, 3.05) is 13.1 Å². The topological polar surface area (TPSA) is 79.7 Å². The van der Waals surface area contributed by atoms with Crippen LogP contribution in [0.25, 0.3) is 0 Å². The predicted octanol–water partition coefficient (Wildman–Crippen LogP) is 1.70. The van der Waals surface area contributed by atoms with E-state index in [4.69, 9.17) is 10.9 Å². The van der Waals surface area contributed by atoms with Crippen molar-refractivity contribution in [3.8, 4) is 0 Å². The highest BCUT2D eigenvalue weighted by atomic mass is 79.9. The van der Waals surface area contributed by atoms with E-state index in [1.165, 1.54) is 5.69 Å². The molecule has 6 nitrogen and oxygen atoms in total. The average Bonchev–Trinajstić information content (AvgIpc) is 2.74. The van der Waals surface area contributed by atoms with E-state index in [0.29, 0.717) is 5.84 Å². The molecule has 0 amide bonds. The van der Waals surface area contributed by atoms with Crippen molar-refractivity contribution in [1.82, 2.24) is 14.7 Å². The number of piperidine rings is 1. The number of likely N-dealkylation sites (tertiary alicyclic amines) is 1. The molecule has 0 spiro atoms. The monoisotopic (exact) mass is 343 g/mol. The summed E-state index contributed by atoms with van der Waals surface area (Å²) in [6.07, 6.45) is 2.80. The summed E-state index contributed by atoms with van der Waals surface area (Å²) in [6, 6.07) is 0. The van der Waals surface area contributed by atoms with Gasteiger partial charge in [0, 0.05) is 19.5 Å². The Kier molecular flexibility index (Phi) is 5.04. The Morgan fingerprint density at radius 1 is 1.50 bits per heavy atom. The zero-order valence-corrected chi connectivity index (χ0v) is 13.6. The maximum Gasteiger partial charge on any atom is 0.142 e. The van der Waals surface area contributed by atoms with E-state index >= 15 is 0 Å². The minimum atomic E-state index is 0.206. The molecule has 3 N–H and O–H groups in total. The van der Waals surface area contributed by atoms with Crippen molar-refractivity contribution in [3.05, 3.63) is 15.9 Å². The van der Waals surface area contributed by atoms with Crippen molar-refractivity contribution >= 4 is 21.8 Å². The van der Waals surface area contributed by atoms with Crippen LogP contribution < -0.4 is 5.73 Å². The van der Waals surface area contributed by atoms with Gasteiger partial charge >= 0.3 is 0 Å². The second-order valence-electron chi connectivity index (χ2n) is 5.26. The van der Waals surface area contributed by atoms with Gasteiger partial charge in [0.05, 0.1) is 15.9 Å². The molecule has 1 aliphatic heterocycles. The molecule has 1 aromatic rings. The second-order valence-corrected chi connectivity index (χ2v) is 6.05. The molecular weight excluding hydrogens is 322 g/mol. The molecule has 1 aliphatic rings. The van der Waals surface area contributed by atoms with Crippen LogP contribution in [0, 0.1) is 5.92 Å². The Balaban J connectivity index is 1.98. The molecule has 1 saturated heterocycles. The predicted molar refractivity (Wildman–Crippen MR) is 81.7 cm³/mol. The number of aromatic nitrogens is 2. The number of hydrogen-bond acceptors (Lipinski definition) is 4. The fraction of sp³-hybridized carbons (Fsp3) is 0.692. The highest BCUT2D eigenvalue weighted by molar-refractivity contribution is 9.10. The van der Waals surface area contributed by atoms with E-state index in [1.54, 1.807) is 0 Å². The first-order valence-corrected chi connectivity index (χ1v) is 7.76. The van der Waals surface area contributed by atoms with Gasteiger partial charge in [-0.1, -0.05) is 12.1 Å². The van der Waals surface area contributed by atoms with Crippen LogP contribution in [0.5, 0.6) is 0 Å². The number of aryl methyl sites for hydroxylation is 2. The molecule has 2 rings (SSSR count). The van der Waals surface area contributed by atoms with E-state index in [9.17, 15) is 0 Å². The lowest BCUT2D eigenvalue weighted by Gasteiger charge is -2.31. The molecule has 0 unspecified atom stereocenters. The van der Waals surface area contributed by atoms with Crippen LogP contribution in [0.15, 0.2) is 9.63 Å². The van der Waals surface area contributed by atoms with Crippen LogP contribution in [0.4, 0.5) is 0 Å². The lowest BCUT2D eigenvalue weighted by atomic mass is 9.96. The Morgan fingerprint density at radius 3 is 2.65 bits per heavy atom. The number of rotatable bonds is 4. The van der Waals surface area contributed by atoms with E-state index in [1.807, 2.05) is 11.7 Å². The van der Waals surface area contributed by atoms with Crippen molar-refractivity contribution in [1.29, 1.82) is 0 Å². The summed E-state index contributed by atoms with van der Waals surface area (Å²) in [4.78, 5) is 2.39. The van der Waals surface area contributed by atoms with Gasteiger partial charge in [-0.05, 0) is 48.3 Å². The Labute approximate surface area is 127 Å². The number of nitrogens with two attached hydrogens (primary N) is 1. The molecule has 20 heavy (non-hydrogen) atoms. The fourth-order valence-electron chi connectivity index (χ4n) is 2.67. The Bertz CT molecular complexity index is 491. The summed E-state index contributed by atoms with van der Waals surface area (Å²) in [5, 5.41) is 16.4. The first-order chi connectivity index (χ1) is 9.56. The molecule has 0 atom stereocenters. The number of oxime groups is 1.